The van der Waals surface area contributed by atoms with Crippen LogP contribution in [0.15, 0.2) is 41.5 Å². The summed E-state index contributed by atoms with van der Waals surface area (Å²) in [5.41, 5.74) is 9.84. The van der Waals surface area contributed by atoms with Crippen LogP contribution in [0.1, 0.15) is 15.9 Å². The van der Waals surface area contributed by atoms with Gasteiger partial charge in [-0.1, -0.05) is 24.3 Å². The number of hydrogen-bond donors (Lipinski definition) is 2. The predicted molar refractivity (Wildman–Crippen MR) is 66.4 cm³/mol. The fourth-order valence-corrected chi connectivity index (χ4v) is 1.51. The minimum atomic E-state index is -0.0233. The number of rotatable bonds is 1. The van der Waals surface area contributed by atoms with E-state index in [2.05, 4.69) is 22.7 Å². The number of nitrogens with one attached hydrogen (secondary N) is 1. The molecule has 80 valence electrons. The Bertz CT molecular complexity index is 520. The third-order valence-electron chi connectivity index (χ3n) is 2.15. The van der Waals surface area contributed by atoms with Gasteiger partial charge in [-0.15, -0.1) is 0 Å². The minimum absolute atomic E-state index is 0.0233. The predicted octanol–water partition coefficient (Wildman–Crippen LogP) is 0.976. The molecule has 0 aromatic heterocycles. The molecular formula is C11H9N3OS. The molecule has 0 spiro atoms. The first-order valence-electron chi connectivity index (χ1n) is 4.63. The molecule has 0 amide bonds. The van der Waals surface area contributed by atoms with E-state index in [-0.39, 0.29) is 10.9 Å². The maximum absolute atomic E-state index is 11.6. The first-order valence-corrected chi connectivity index (χ1v) is 5.04. The third kappa shape index (κ3) is 1.99. The average Bonchev–Trinajstić information content (AvgIpc) is 2.28. The molecule has 0 saturated carbocycles. The van der Waals surface area contributed by atoms with Gasteiger partial charge in [0.1, 0.15) is 0 Å². The number of carbonyl (C=O) groups excluding carboxylic acids is 1. The van der Waals surface area contributed by atoms with Crippen LogP contribution in [0.4, 0.5) is 0 Å². The topological polar surface area (TPSA) is 67.5 Å². The number of carbonyl (C=O) groups is 1. The summed E-state index contributed by atoms with van der Waals surface area (Å²) in [6.07, 6.45) is 3.11. The van der Waals surface area contributed by atoms with Crippen LogP contribution in [0.25, 0.3) is 0 Å². The van der Waals surface area contributed by atoms with Crippen LogP contribution in [0.5, 0.6) is 0 Å². The second-order valence-electron chi connectivity index (χ2n) is 3.22. The highest BCUT2D eigenvalue weighted by molar-refractivity contribution is 7.80. The van der Waals surface area contributed by atoms with E-state index in [0.29, 0.717) is 11.3 Å². The quantitative estimate of drug-likeness (QED) is 0.558. The van der Waals surface area contributed by atoms with Crippen molar-refractivity contribution in [3.05, 3.63) is 47.5 Å². The standard InChI is InChI=1S/C11H9N3OS/c12-11(16)14-13-9-5-6-10(15)8-4-2-1-3-7(8)9/h1-6H,(H3,12,14,16). The van der Waals surface area contributed by atoms with E-state index >= 15 is 0 Å². The highest BCUT2D eigenvalue weighted by Gasteiger charge is 2.16. The molecule has 1 aliphatic carbocycles. The Morgan fingerprint density at radius 2 is 1.94 bits per heavy atom. The van der Waals surface area contributed by atoms with Crippen molar-refractivity contribution in [2.75, 3.05) is 0 Å². The summed E-state index contributed by atoms with van der Waals surface area (Å²) < 4.78 is 0. The lowest BCUT2D eigenvalue weighted by molar-refractivity contribution is 0.104. The van der Waals surface area contributed by atoms with Gasteiger partial charge in [-0.05, 0) is 24.4 Å². The molecule has 0 atom stereocenters. The third-order valence-corrected chi connectivity index (χ3v) is 2.24. The molecule has 1 aliphatic rings. The summed E-state index contributed by atoms with van der Waals surface area (Å²) in [6, 6.07) is 7.25. The number of benzene rings is 1. The van der Waals surface area contributed by atoms with Crippen molar-refractivity contribution >= 4 is 28.8 Å². The van der Waals surface area contributed by atoms with E-state index in [1.807, 2.05) is 18.2 Å². The van der Waals surface area contributed by atoms with Crippen molar-refractivity contribution in [3.8, 4) is 0 Å². The number of nitrogens with zero attached hydrogens (tertiary/aromatic N) is 1. The second kappa shape index (κ2) is 4.24. The summed E-state index contributed by atoms with van der Waals surface area (Å²) in [5.74, 6) is -0.0233. The van der Waals surface area contributed by atoms with E-state index in [4.69, 9.17) is 5.73 Å². The first kappa shape index (κ1) is 10.5. The Balaban J connectivity index is 2.43. The molecule has 5 heteroatoms. The molecule has 0 heterocycles. The van der Waals surface area contributed by atoms with E-state index < -0.39 is 0 Å². The van der Waals surface area contributed by atoms with Gasteiger partial charge in [0.05, 0.1) is 5.71 Å². The second-order valence-corrected chi connectivity index (χ2v) is 3.66. The van der Waals surface area contributed by atoms with Gasteiger partial charge in [0.2, 0.25) is 0 Å². The number of hydrogen-bond acceptors (Lipinski definition) is 3. The number of hydrazone groups is 1. The Morgan fingerprint density at radius 1 is 1.25 bits per heavy atom. The van der Waals surface area contributed by atoms with Gasteiger partial charge in [-0.2, -0.15) is 5.10 Å². The van der Waals surface area contributed by atoms with Gasteiger partial charge in [0, 0.05) is 11.1 Å². The van der Waals surface area contributed by atoms with Gasteiger partial charge >= 0.3 is 0 Å². The maximum Gasteiger partial charge on any atom is 0.186 e. The lowest BCUT2D eigenvalue weighted by Crippen LogP contribution is -2.26. The van der Waals surface area contributed by atoms with Crippen molar-refractivity contribution in [1.82, 2.24) is 5.43 Å². The molecule has 0 saturated heterocycles. The maximum atomic E-state index is 11.6. The smallest absolute Gasteiger partial charge is 0.186 e. The lowest BCUT2D eigenvalue weighted by atomic mass is 9.94. The molecule has 0 unspecified atom stereocenters. The minimum Gasteiger partial charge on any atom is -0.375 e. The molecule has 2 rings (SSSR count). The van der Waals surface area contributed by atoms with E-state index in [9.17, 15) is 4.79 Å². The van der Waals surface area contributed by atoms with Crippen LogP contribution in [-0.4, -0.2) is 16.6 Å². The van der Waals surface area contributed by atoms with E-state index in [1.165, 1.54) is 6.08 Å². The fraction of sp³-hybridized carbons (Fsp3) is 0. The van der Waals surface area contributed by atoms with Gasteiger partial charge in [-0.25, -0.2) is 0 Å². The van der Waals surface area contributed by atoms with Crippen LogP contribution in [-0.2, 0) is 0 Å². The summed E-state index contributed by atoms with van der Waals surface area (Å²) >= 11 is 4.65. The molecule has 0 aliphatic heterocycles. The summed E-state index contributed by atoms with van der Waals surface area (Å²) in [7, 11) is 0. The van der Waals surface area contributed by atoms with Crippen LogP contribution in [0.2, 0.25) is 0 Å². The zero-order chi connectivity index (χ0) is 11.5. The van der Waals surface area contributed by atoms with Crippen LogP contribution >= 0.6 is 12.2 Å². The van der Waals surface area contributed by atoms with E-state index in [0.717, 1.165) is 5.56 Å². The number of thiocarbonyl (C=S) groups is 1. The molecule has 16 heavy (non-hydrogen) atoms. The number of nitrogens with two attached hydrogens (primary N) is 1. The first-order chi connectivity index (χ1) is 7.68. The van der Waals surface area contributed by atoms with Crippen LogP contribution < -0.4 is 11.2 Å². The van der Waals surface area contributed by atoms with Gasteiger partial charge in [0.25, 0.3) is 0 Å². The summed E-state index contributed by atoms with van der Waals surface area (Å²) in [6.45, 7) is 0. The highest BCUT2D eigenvalue weighted by atomic mass is 32.1. The van der Waals surface area contributed by atoms with Gasteiger partial charge in [0.15, 0.2) is 10.9 Å². The largest absolute Gasteiger partial charge is 0.375 e. The number of ketones is 1. The fourth-order valence-electron chi connectivity index (χ4n) is 1.47. The molecule has 1 aromatic rings. The van der Waals surface area contributed by atoms with E-state index in [1.54, 1.807) is 12.1 Å². The van der Waals surface area contributed by atoms with Crippen molar-refractivity contribution in [3.63, 3.8) is 0 Å². The van der Waals surface area contributed by atoms with Crippen molar-refractivity contribution in [1.29, 1.82) is 0 Å². The van der Waals surface area contributed by atoms with Gasteiger partial charge in [-0.3, -0.25) is 10.2 Å². The Kier molecular flexibility index (Phi) is 2.78. The Hall–Kier alpha value is -2.01. The summed E-state index contributed by atoms with van der Waals surface area (Å²) in [4.78, 5) is 11.6. The number of allylic oxidation sites excluding steroid dienone is 2. The Labute approximate surface area is 97.8 Å². The zero-order valence-electron chi connectivity index (χ0n) is 8.31. The molecule has 0 fully saturated rings. The molecule has 0 radical (unpaired) electrons. The van der Waals surface area contributed by atoms with Crippen LogP contribution in [0, 0.1) is 0 Å². The molecule has 4 nitrogen and oxygen atoms in total. The van der Waals surface area contributed by atoms with Gasteiger partial charge < -0.3 is 5.73 Å². The monoisotopic (exact) mass is 231 g/mol. The summed E-state index contributed by atoms with van der Waals surface area (Å²) in [5, 5.41) is 4.11. The molecule has 3 N–H and O–H groups in total. The lowest BCUT2D eigenvalue weighted by Gasteiger charge is -2.11. The van der Waals surface area contributed by atoms with Crippen molar-refractivity contribution in [2.45, 2.75) is 0 Å². The SMILES string of the molecule is NC(=S)NN=C1C=CC(=O)c2ccccc21. The highest BCUT2D eigenvalue weighted by Crippen LogP contribution is 2.16. The molecular weight excluding hydrogens is 222 g/mol. The Morgan fingerprint density at radius 3 is 2.62 bits per heavy atom. The molecule has 1 aromatic carbocycles. The molecule has 0 bridgehead atoms. The van der Waals surface area contributed by atoms with Crippen molar-refractivity contribution in [2.24, 2.45) is 10.8 Å². The average molecular weight is 231 g/mol. The van der Waals surface area contributed by atoms with Crippen LogP contribution in [0.3, 0.4) is 0 Å². The number of fused-ring (bicyclic) bond motifs is 1. The van der Waals surface area contributed by atoms with Crippen molar-refractivity contribution < 1.29 is 4.79 Å². The normalized spacial score (nSPS) is 16.0. The zero-order valence-corrected chi connectivity index (χ0v) is 9.12.